The third-order valence-corrected chi connectivity index (χ3v) is 12.6. The van der Waals surface area contributed by atoms with Gasteiger partial charge in [-0.2, -0.15) is 0 Å². The van der Waals surface area contributed by atoms with Crippen molar-refractivity contribution in [3.63, 3.8) is 0 Å². The Morgan fingerprint density at radius 1 is 0.365 bits per heavy atom. The van der Waals surface area contributed by atoms with Gasteiger partial charge in [0.2, 0.25) is 9.84 Å². The molecule has 1 aromatic heterocycles. The Balaban J connectivity index is 1.26. The minimum absolute atomic E-state index is 0.359. The van der Waals surface area contributed by atoms with Gasteiger partial charge in [-0.1, -0.05) is 158 Å². The first-order chi connectivity index (χ1) is 25.5. The summed E-state index contributed by atoms with van der Waals surface area (Å²) in [4.78, 5) is 5.98. The largest absolute Gasteiger partial charge is 0.248 e. The van der Waals surface area contributed by atoms with Gasteiger partial charge in [0.1, 0.15) is 0 Å². The number of sulfone groups is 1. The number of hydrogen-bond donors (Lipinski definition) is 0. The molecule has 0 saturated heterocycles. The number of hydrogen-bond acceptors (Lipinski definition) is 3. The van der Waals surface area contributed by atoms with Crippen LogP contribution in [0.25, 0.3) is 55.9 Å². The van der Waals surface area contributed by atoms with E-state index in [1.165, 1.54) is 0 Å². The predicted octanol–water partition coefficient (Wildman–Crippen LogP) is 11.3. The summed E-state index contributed by atoms with van der Waals surface area (Å²) in [5.41, 5.74) is 13.4. The maximum absolute atomic E-state index is 14.2. The maximum Gasteiger partial charge on any atom is 0.207 e. The molecular weight excluding hydrogens is 655 g/mol. The smallest absolute Gasteiger partial charge is 0.207 e. The van der Waals surface area contributed by atoms with Crippen molar-refractivity contribution in [2.24, 2.45) is 0 Å². The zero-order valence-electron chi connectivity index (χ0n) is 28.1. The molecule has 0 saturated carbocycles. The molecule has 0 bridgehead atoms. The third-order valence-electron chi connectivity index (χ3n) is 10.7. The molecule has 4 heteroatoms. The Kier molecular flexibility index (Phi) is 6.79. The molecule has 8 aromatic rings. The lowest BCUT2D eigenvalue weighted by molar-refractivity contribution is 0.580. The molecule has 2 heterocycles. The van der Waals surface area contributed by atoms with Crippen LogP contribution < -0.4 is 0 Å². The normalized spacial score (nSPS) is 14.2. The van der Waals surface area contributed by atoms with Gasteiger partial charge in [-0.25, -0.2) is 13.4 Å². The molecule has 1 aliphatic carbocycles. The Labute approximate surface area is 303 Å². The zero-order valence-corrected chi connectivity index (χ0v) is 28.9. The third kappa shape index (κ3) is 4.38. The fourth-order valence-electron chi connectivity index (χ4n) is 8.51. The number of fused-ring (bicyclic) bond motifs is 9. The lowest BCUT2D eigenvalue weighted by Gasteiger charge is -2.39. The van der Waals surface area contributed by atoms with Crippen molar-refractivity contribution in [1.82, 2.24) is 4.98 Å². The van der Waals surface area contributed by atoms with Crippen LogP contribution in [0.15, 0.2) is 198 Å². The van der Waals surface area contributed by atoms with Crippen LogP contribution in [0.5, 0.6) is 0 Å². The van der Waals surface area contributed by atoms with Crippen molar-refractivity contribution >= 4 is 9.84 Å². The van der Waals surface area contributed by atoms with E-state index in [0.29, 0.717) is 9.79 Å². The minimum Gasteiger partial charge on any atom is -0.248 e. The topological polar surface area (TPSA) is 47.0 Å². The summed E-state index contributed by atoms with van der Waals surface area (Å²) < 4.78 is 28.4. The highest BCUT2D eigenvalue weighted by molar-refractivity contribution is 7.91. The van der Waals surface area contributed by atoms with Crippen molar-refractivity contribution in [2.75, 3.05) is 0 Å². The standard InChI is InChI=1S/C48H31NO2S/c50-52(51)45-27-11-9-24-40(45)48(41-25-10-12-28-46(41)52)39-23-8-7-21-38(39)47-37(22-14-26-42(47)48)36-30-43(33-17-5-2-6-18-33)49-44(31-36)35-20-13-19-34(29-35)32-15-3-1-4-16-32/h1-31H. The molecular formula is C48H31NO2S. The molecule has 1 aliphatic heterocycles. The van der Waals surface area contributed by atoms with E-state index in [1.54, 1.807) is 12.1 Å². The molecule has 3 nitrogen and oxygen atoms in total. The number of nitrogens with zero attached hydrogens (tertiary/aromatic N) is 1. The van der Waals surface area contributed by atoms with Crippen molar-refractivity contribution in [3.05, 3.63) is 210 Å². The highest BCUT2D eigenvalue weighted by Crippen LogP contribution is 2.62. The molecule has 0 amide bonds. The van der Waals surface area contributed by atoms with E-state index in [9.17, 15) is 8.42 Å². The molecule has 0 fully saturated rings. The second-order valence-corrected chi connectivity index (χ2v) is 15.3. The van der Waals surface area contributed by atoms with E-state index in [1.807, 2.05) is 60.7 Å². The van der Waals surface area contributed by atoms with E-state index in [2.05, 4.69) is 115 Å². The van der Waals surface area contributed by atoms with Gasteiger partial charge in [0.15, 0.2) is 0 Å². The van der Waals surface area contributed by atoms with E-state index in [-0.39, 0.29) is 0 Å². The van der Waals surface area contributed by atoms with E-state index >= 15 is 0 Å². The molecule has 10 rings (SSSR count). The maximum atomic E-state index is 14.2. The zero-order chi connectivity index (χ0) is 34.9. The average molecular weight is 686 g/mol. The first-order valence-corrected chi connectivity index (χ1v) is 18.9. The summed E-state index contributed by atoms with van der Waals surface area (Å²) in [6.07, 6.45) is 0. The summed E-state index contributed by atoms with van der Waals surface area (Å²) >= 11 is 0. The van der Waals surface area contributed by atoms with Crippen LogP contribution >= 0.6 is 0 Å². The van der Waals surface area contributed by atoms with Crippen LogP contribution in [0, 0.1) is 0 Å². The number of rotatable bonds is 4. The van der Waals surface area contributed by atoms with E-state index < -0.39 is 15.3 Å². The average Bonchev–Trinajstić information content (AvgIpc) is 3.52. The molecule has 0 radical (unpaired) electrons. The van der Waals surface area contributed by atoms with Crippen LogP contribution in [-0.2, 0) is 15.3 Å². The second-order valence-electron chi connectivity index (χ2n) is 13.5. The molecule has 0 atom stereocenters. The molecule has 1 spiro atoms. The Morgan fingerprint density at radius 3 is 1.54 bits per heavy atom. The first-order valence-electron chi connectivity index (χ1n) is 17.5. The second kappa shape index (κ2) is 11.6. The fraction of sp³-hybridized carbons (Fsp3) is 0.0208. The molecule has 52 heavy (non-hydrogen) atoms. The first kappa shape index (κ1) is 30.5. The Hall–Kier alpha value is -6.36. The van der Waals surface area contributed by atoms with Gasteiger partial charge in [0.05, 0.1) is 26.6 Å². The van der Waals surface area contributed by atoms with Gasteiger partial charge < -0.3 is 0 Å². The van der Waals surface area contributed by atoms with Gasteiger partial charge in [0.25, 0.3) is 0 Å². The summed E-state index contributed by atoms with van der Waals surface area (Å²) in [5.74, 6) is 0. The number of pyridine rings is 1. The highest BCUT2D eigenvalue weighted by Gasteiger charge is 2.53. The van der Waals surface area contributed by atoms with Crippen molar-refractivity contribution in [2.45, 2.75) is 15.2 Å². The van der Waals surface area contributed by atoms with Crippen LogP contribution in [0.2, 0.25) is 0 Å². The predicted molar refractivity (Wildman–Crippen MR) is 209 cm³/mol. The highest BCUT2D eigenvalue weighted by atomic mass is 32.2. The number of benzene rings is 7. The van der Waals surface area contributed by atoms with E-state index in [0.717, 1.165) is 78.1 Å². The molecule has 7 aromatic carbocycles. The summed E-state index contributed by atoms with van der Waals surface area (Å²) in [6, 6.07) is 63.8. The van der Waals surface area contributed by atoms with Crippen LogP contribution in [-0.4, -0.2) is 13.4 Å². The molecule has 2 aliphatic rings. The summed E-state index contributed by atoms with van der Waals surface area (Å²) in [5, 5.41) is 0. The van der Waals surface area contributed by atoms with Gasteiger partial charge in [-0.3, -0.25) is 0 Å². The van der Waals surface area contributed by atoms with Gasteiger partial charge >= 0.3 is 0 Å². The summed E-state index contributed by atoms with van der Waals surface area (Å²) in [6.45, 7) is 0. The SMILES string of the molecule is O=S1(=O)c2ccccc2C2(c3ccccc3-c3c(-c4cc(-c5ccccc5)nc(-c5cccc(-c6ccccc6)c5)c4)cccc32)c2ccccc21. The van der Waals surface area contributed by atoms with Crippen molar-refractivity contribution in [3.8, 4) is 55.9 Å². The molecule has 246 valence electrons. The van der Waals surface area contributed by atoms with Gasteiger partial charge in [-0.05, 0) is 86.0 Å². The monoisotopic (exact) mass is 685 g/mol. The molecule has 0 N–H and O–H groups in total. The summed E-state index contributed by atoms with van der Waals surface area (Å²) in [7, 11) is -3.74. The Bertz CT molecular complexity index is 2750. The number of aromatic nitrogens is 1. The molecule has 0 unspecified atom stereocenters. The van der Waals surface area contributed by atoms with Crippen LogP contribution in [0.3, 0.4) is 0 Å². The lowest BCUT2D eigenvalue weighted by Crippen LogP contribution is -2.35. The quantitative estimate of drug-likeness (QED) is 0.185. The minimum atomic E-state index is -3.74. The van der Waals surface area contributed by atoms with Gasteiger partial charge in [-0.15, -0.1) is 0 Å². The Morgan fingerprint density at radius 2 is 0.846 bits per heavy atom. The van der Waals surface area contributed by atoms with Gasteiger partial charge in [0, 0.05) is 11.1 Å². The van der Waals surface area contributed by atoms with Crippen molar-refractivity contribution < 1.29 is 8.42 Å². The van der Waals surface area contributed by atoms with Crippen LogP contribution in [0.1, 0.15) is 22.3 Å². The lowest BCUT2D eigenvalue weighted by atomic mass is 9.67. The van der Waals surface area contributed by atoms with E-state index in [4.69, 9.17) is 4.98 Å². The fourth-order valence-corrected chi connectivity index (χ4v) is 10.3. The van der Waals surface area contributed by atoms with Crippen LogP contribution in [0.4, 0.5) is 0 Å². The van der Waals surface area contributed by atoms with Crippen molar-refractivity contribution in [1.29, 1.82) is 0 Å².